The van der Waals surface area contributed by atoms with Gasteiger partial charge >= 0.3 is 11.9 Å². The number of nitrogen functional groups attached to an aromatic ring is 2. The Labute approximate surface area is 197 Å². The number of rotatable bonds is 9. The number of aliphatic carboxylic acids is 2. The predicted molar refractivity (Wildman–Crippen MR) is 126 cm³/mol. The Morgan fingerprint density at radius 1 is 1.11 bits per heavy atom. The van der Waals surface area contributed by atoms with Gasteiger partial charge in [-0.1, -0.05) is 0 Å². The molecule has 0 fully saturated rings. The predicted octanol–water partition coefficient (Wildman–Crippen LogP) is -0.276. The summed E-state index contributed by atoms with van der Waals surface area (Å²) in [5, 5.41) is 20.2. The molecule has 15 heteroatoms. The summed E-state index contributed by atoms with van der Waals surface area (Å²) in [6, 6.07) is 4.84. The van der Waals surface area contributed by atoms with E-state index in [9.17, 15) is 24.3 Å². The maximum atomic E-state index is 12.4. The minimum atomic E-state index is -1.33. The molecule has 0 radical (unpaired) electrons. The third kappa shape index (κ3) is 6.38. The lowest BCUT2D eigenvalue weighted by Gasteiger charge is -2.19. The van der Waals surface area contributed by atoms with Crippen molar-refractivity contribution in [2.24, 2.45) is 0 Å². The average molecular weight is 487 g/mol. The number of carbonyl (C=O) groups is 3. The molecule has 0 saturated heterocycles. The molecule has 11 N–H and O–H groups in total. The molecule has 0 bridgehead atoms. The van der Waals surface area contributed by atoms with Crippen molar-refractivity contribution in [3.05, 3.63) is 45.9 Å². The van der Waals surface area contributed by atoms with E-state index in [0.717, 1.165) is 0 Å². The molecule has 35 heavy (non-hydrogen) atoms. The molecule has 1 unspecified atom stereocenters. The average Bonchev–Trinajstić information content (AvgIpc) is 2.77. The van der Waals surface area contributed by atoms with E-state index in [1.54, 1.807) is 24.1 Å². The van der Waals surface area contributed by atoms with Gasteiger partial charge in [-0.2, -0.15) is 9.97 Å². The van der Waals surface area contributed by atoms with Gasteiger partial charge in [0, 0.05) is 24.7 Å². The SMILES string of the molecule is CN(Cc1nc2c(N)nc(N)nc2[nH]c1=O)c1ccc(C(=O)NC(CCC(=O)O)C(=O)O)cc1.N. The highest BCUT2D eigenvalue weighted by Gasteiger charge is 2.22. The first kappa shape index (κ1) is 26.5. The molecule has 0 aliphatic heterocycles. The highest BCUT2D eigenvalue weighted by atomic mass is 16.4. The molecule has 2 heterocycles. The van der Waals surface area contributed by atoms with E-state index in [0.29, 0.717) is 5.69 Å². The third-order valence-electron chi connectivity index (χ3n) is 4.88. The van der Waals surface area contributed by atoms with Crippen LogP contribution in [0.2, 0.25) is 0 Å². The number of hydrogen-bond donors (Lipinski definition) is 7. The number of anilines is 3. The summed E-state index contributed by atoms with van der Waals surface area (Å²) in [6.45, 7) is 0.0942. The van der Waals surface area contributed by atoms with Crippen molar-refractivity contribution in [3.8, 4) is 0 Å². The maximum absolute atomic E-state index is 12.4. The first-order valence-electron chi connectivity index (χ1n) is 9.93. The lowest BCUT2D eigenvalue weighted by molar-refractivity contribution is -0.140. The summed E-state index contributed by atoms with van der Waals surface area (Å²) in [6.07, 6.45) is -0.638. The smallest absolute Gasteiger partial charge is 0.326 e. The summed E-state index contributed by atoms with van der Waals surface area (Å²) >= 11 is 0. The first-order valence-corrected chi connectivity index (χ1v) is 9.93. The van der Waals surface area contributed by atoms with Crippen LogP contribution in [-0.4, -0.2) is 61.1 Å². The minimum Gasteiger partial charge on any atom is -0.481 e. The van der Waals surface area contributed by atoms with Gasteiger partial charge in [-0.15, -0.1) is 0 Å². The van der Waals surface area contributed by atoms with Gasteiger partial charge in [-0.05, 0) is 30.7 Å². The molecular formula is C20H25N9O6. The van der Waals surface area contributed by atoms with Crippen molar-refractivity contribution in [1.82, 2.24) is 31.4 Å². The Morgan fingerprint density at radius 3 is 2.37 bits per heavy atom. The third-order valence-corrected chi connectivity index (χ3v) is 4.88. The molecule has 186 valence electrons. The Balaban J connectivity index is 0.00000432. The molecule has 0 aliphatic carbocycles. The van der Waals surface area contributed by atoms with Crippen molar-refractivity contribution in [2.45, 2.75) is 25.4 Å². The van der Waals surface area contributed by atoms with E-state index in [1.807, 2.05) is 0 Å². The van der Waals surface area contributed by atoms with Crippen LogP contribution in [0.25, 0.3) is 11.2 Å². The fourth-order valence-corrected chi connectivity index (χ4v) is 3.11. The number of benzene rings is 1. The fraction of sp³-hybridized carbons (Fsp3) is 0.250. The van der Waals surface area contributed by atoms with Crippen LogP contribution in [0.3, 0.4) is 0 Å². The highest BCUT2D eigenvalue weighted by Crippen LogP contribution is 2.17. The molecule has 3 aromatic rings. The molecule has 0 aliphatic rings. The second-order valence-corrected chi connectivity index (χ2v) is 7.38. The van der Waals surface area contributed by atoms with Crippen LogP contribution in [0.15, 0.2) is 29.1 Å². The number of aromatic nitrogens is 4. The molecule has 0 saturated carbocycles. The van der Waals surface area contributed by atoms with E-state index in [-0.39, 0.29) is 53.3 Å². The van der Waals surface area contributed by atoms with E-state index in [2.05, 4.69) is 25.3 Å². The van der Waals surface area contributed by atoms with Crippen molar-refractivity contribution >= 4 is 46.5 Å². The first-order chi connectivity index (χ1) is 16.0. The zero-order valence-electron chi connectivity index (χ0n) is 18.7. The molecule has 1 aromatic carbocycles. The van der Waals surface area contributed by atoms with Crippen LogP contribution in [-0.2, 0) is 16.1 Å². The van der Waals surface area contributed by atoms with E-state index in [4.69, 9.17) is 16.6 Å². The fourth-order valence-electron chi connectivity index (χ4n) is 3.11. The molecule has 2 aromatic heterocycles. The second-order valence-electron chi connectivity index (χ2n) is 7.38. The number of nitrogens with zero attached hydrogens (tertiary/aromatic N) is 4. The number of carbonyl (C=O) groups excluding carboxylic acids is 1. The molecule has 1 amide bonds. The second kappa shape index (κ2) is 10.9. The number of hydrogen-bond acceptors (Lipinski definition) is 11. The standard InChI is InChI=1S/C20H22N8O6.H3N/c1-28(8-12-18(32)26-16-14(23-12)15(21)25-20(22)27-16)10-4-2-9(3-5-10)17(31)24-11(19(33)34)6-7-13(29)30;/h2-5,11H,6-8H2,1H3,(H,24,31)(H,29,30)(H,33,34)(H5,21,22,25,26,27,32);1H3. The van der Waals surface area contributed by atoms with Gasteiger partial charge < -0.3 is 43.0 Å². The van der Waals surface area contributed by atoms with Crippen LogP contribution in [0.5, 0.6) is 0 Å². The van der Waals surface area contributed by atoms with E-state index in [1.165, 1.54) is 12.1 Å². The number of nitrogens with one attached hydrogen (secondary N) is 2. The molecule has 3 rings (SSSR count). The number of amides is 1. The largest absolute Gasteiger partial charge is 0.481 e. The van der Waals surface area contributed by atoms with Gasteiger partial charge in [0.2, 0.25) is 5.95 Å². The summed E-state index contributed by atoms with van der Waals surface area (Å²) in [7, 11) is 1.70. The van der Waals surface area contributed by atoms with Gasteiger partial charge in [0.05, 0.1) is 6.54 Å². The zero-order valence-corrected chi connectivity index (χ0v) is 18.7. The lowest BCUT2D eigenvalue weighted by Crippen LogP contribution is -2.41. The van der Waals surface area contributed by atoms with Crippen molar-refractivity contribution in [3.63, 3.8) is 0 Å². The van der Waals surface area contributed by atoms with Crippen LogP contribution in [0.4, 0.5) is 17.5 Å². The van der Waals surface area contributed by atoms with Gasteiger partial charge in [-0.25, -0.2) is 9.78 Å². The number of H-pyrrole nitrogens is 1. The van der Waals surface area contributed by atoms with E-state index >= 15 is 0 Å². The molecule has 0 spiro atoms. The van der Waals surface area contributed by atoms with Crippen molar-refractivity contribution < 1.29 is 24.6 Å². The Kier molecular flexibility index (Phi) is 8.23. The number of carboxylic acid groups (broad SMARTS) is 2. The highest BCUT2D eigenvalue weighted by molar-refractivity contribution is 5.97. The van der Waals surface area contributed by atoms with Crippen LogP contribution in [0, 0.1) is 0 Å². The van der Waals surface area contributed by atoms with Gasteiger partial charge in [-0.3, -0.25) is 14.4 Å². The van der Waals surface area contributed by atoms with Gasteiger partial charge in [0.15, 0.2) is 11.5 Å². The number of carboxylic acids is 2. The van der Waals surface area contributed by atoms with Crippen molar-refractivity contribution in [1.29, 1.82) is 0 Å². The zero-order chi connectivity index (χ0) is 25.0. The van der Waals surface area contributed by atoms with Crippen molar-refractivity contribution in [2.75, 3.05) is 23.4 Å². The Hall–Kier alpha value is -4.79. The maximum Gasteiger partial charge on any atom is 0.326 e. The summed E-state index contributed by atoms with van der Waals surface area (Å²) in [5.41, 5.74) is 12.2. The normalized spacial score (nSPS) is 11.3. The molecule has 1 atom stereocenters. The quantitative estimate of drug-likeness (QED) is 0.205. The number of aromatic amines is 1. The van der Waals surface area contributed by atoms with Crippen LogP contribution >= 0.6 is 0 Å². The summed E-state index contributed by atoms with van der Waals surface area (Å²) in [4.78, 5) is 63.0. The molecular weight excluding hydrogens is 462 g/mol. The minimum absolute atomic E-state index is 0. The monoisotopic (exact) mass is 487 g/mol. The topological polar surface area (TPSA) is 266 Å². The van der Waals surface area contributed by atoms with E-state index < -0.39 is 35.9 Å². The van der Waals surface area contributed by atoms with Crippen LogP contribution < -0.4 is 33.4 Å². The number of nitrogens with two attached hydrogens (primary N) is 2. The number of fused-ring (bicyclic) bond motifs is 1. The summed E-state index contributed by atoms with van der Waals surface area (Å²) in [5.74, 6) is -3.21. The Bertz CT molecular complexity index is 1310. The van der Waals surface area contributed by atoms with Gasteiger partial charge in [0.1, 0.15) is 17.3 Å². The lowest BCUT2D eigenvalue weighted by atomic mass is 10.1. The molecule has 15 nitrogen and oxygen atoms in total. The summed E-state index contributed by atoms with van der Waals surface area (Å²) < 4.78 is 0. The Morgan fingerprint density at radius 2 is 1.77 bits per heavy atom. The van der Waals surface area contributed by atoms with Gasteiger partial charge in [0.25, 0.3) is 11.5 Å². The van der Waals surface area contributed by atoms with Crippen LogP contribution in [0.1, 0.15) is 28.9 Å².